The van der Waals surface area contributed by atoms with Gasteiger partial charge in [0.15, 0.2) is 8.32 Å². The third-order valence-electron chi connectivity index (χ3n) is 0.884. The Morgan fingerprint density at radius 1 is 1.50 bits per heavy atom. The topological polar surface area (TPSA) is 52.3 Å². The van der Waals surface area contributed by atoms with Gasteiger partial charge in [0.05, 0.1) is 0 Å². The van der Waals surface area contributed by atoms with E-state index in [1.807, 2.05) is 0 Å². The molecule has 0 fully saturated rings. The van der Waals surface area contributed by atoms with Crippen LogP contribution in [0.1, 0.15) is 6.42 Å². The molecule has 2 N–H and O–H groups in total. The molecule has 0 radical (unpaired) electrons. The predicted molar refractivity (Wildman–Crippen MR) is 43.1 cm³/mol. The lowest BCUT2D eigenvalue weighted by Gasteiger charge is -2.15. The van der Waals surface area contributed by atoms with E-state index in [0.717, 1.165) is 0 Å². The molecule has 0 aromatic carbocycles. The van der Waals surface area contributed by atoms with Crippen LogP contribution in [0.3, 0.4) is 0 Å². The Morgan fingerprint density at radius 3 is 2.30 bits per heavy atom. The summed E-state index contributed by atoms with van der Waals surface area (Å²) in [7, 11) is -1.43. The maximum absolute atomic E-state index is 10.2. The van der Waals surface area contributed by atoms with E-state index in [4.69, 9.17) is 10.2 Å². The largest absolute Gasteiger partial charge is 0.417 e. The molecular weight excluding hydrogens is 146 g/mol. The first kappa shape index (κ1) is 9.65. The number of rotatable bonds is 4. The number of hydrogen-bond acceptors (Lipinski definition) is 2. The average molecular weight is 161 g/mol. The maximum atomic E-state index is 10.2. The van der Waals surface area contributed by atoms with Gasteiger partial charge < -0.3 is 10.2 Å². The van der Waals surface area contributed by atoms with Crippen LogP contribution >= 0.6 is 0 Å². The van der Waals surface area contributed by atoms with Gasteiger partial charge in [-0.3, -0.25) is 4.79 Å². The van der Waals surface area contributed by atoms with Gasteiger partial charge in [-0.25, -0.2) is 0 Å². The Kier molecular flexibility index (Phi) is 3.60. The first-order valence-corrected chi connectivity index (χ1v) is 6.75. The summed E-state index contributed by atoms with van der Waals surface area (Å²) in [6, 6.07) is 0. The standard InChI is InChI=1S/C6H15NO2Si/c1-10(2,3)9-5-4-6(7)8/h4-5H2,1-3H3,(H2,7,8). The summed E-state index contributed by atoms with van der Waals surface area (Å²) in [5.74, 6) is -0.293. The van der Waals surface area contributed by atoms with Crippen molar-refractivity contribution >= 4 is 14.2 Å². The lowest BCUT2D eigenvalue weighted by molar-refractivity contribution is -0.118. The van der Waals surface area contributed by atoms with Crippen molar-refractivity contribution in [3.63, 3.8) is 0 Å². The molecule has 0 aliphatic carbocycles. The summed E-state index contributed by atoms with van der Waals surface area (Å²) in [6.45, 7) is 6.71. The predicted octanol–water partition coefficient (Wildman–Crippen LogP) is 0.713. The molecule has 0 aromatic heterocycles. The highest BCUT2D eigenvalue weighted by Gasteiger charge is 2.13. The fourth-order valence-electron chi connectivity index (χ4n) is 0.458. The van der Waals surface area contributed by atoms with Crippen molar-refractivity contribution in [1.29, 1.82) is 0 Å². The van der Waals surface area contributed by atoms with Crippen molar-refractivity contribution < 1.29 is 9.22 Å². The van der Waals surface area contributed by atoms with Crippen LogP contribution in [0.2, 0.25) is 19.6 Å². The van der Waals surface area contributed by atoms with Crippen LogP contribution in [-0.4, -0.2) is 20.8 Å². The number of amides is 1. The lowest BCUT2D eigenvalue weighted by atomic mass is 10.4. The second-order valence-electron chi connectivity index (χ2n) is 3.18. The highest BCUT2D eigenvalue weighted by atomic mass is 28.4. The molecule has 0 saturated heterocycles. The third kappa shape index (κ3) is 7.65. The minimum absolute atomic E-state index is 0.293. The zero-order chi connectivity index (χ0) is 8.20. The van der Waals surface area contributed by atoms with E-state index < -0.39 is 8.32 Å². The second kappa shape index (κ2) is 3.73. The summed E-state index contributed by atoms with van der Waals surface area (Å²) < 4.78 is 5.38. The molecule has 0 unspecified atom stereocenters. The molecule has 0 rings (SSSR count). The highest BCUT2D eigenvalue weighted by Crippen LogP contribution is 2.02. The Hall–Kier alpha value is -0.353. The average Bonchev–Trinajstić information content (AvgIpc) is 1.59. The maximum Gasteiger partial charge on any atom is 0.219 e. The summed E-state index contributed by atoms with van der Waals surface area (Å²) in [5.41, 5.74) is 4.92. The molecule has 3 nitrogen and oxygen atoms in total. The van der Waals surface area contributed by atoms with Gasteiger partial charge in [-0.1, -0.05) is 0 Å². The number of carbonyl (C=O) groups is 1. The van der Waals surface area contributed by atoms with Crippen LogP contribution in [0.4, 0.5) is 0 Å². The van der Waals surface area contributed by atoms with Crippen LogP contribution in [0.25, 0.3) is 0 Å². The number of carbonyl (C=O) groups excluding carboxylic acids is 1. The molecule has 0 atom stereocenters. The van der Waals surface area contributed by atoms with Crippen LogP contribution in [0.5, 0.6) is 0 Å². The van der Waals surface area contributed by atoms with E-state index >= 15 is 0 Å². The molecular formula is C6H15NO2Si. The molecule has 0 aliphatic heterocycles. The number of nitrogens with two attached hydrogens (primary N) is 1. The van der Waals surface area contributed by atoms with Crippen LogP contribution in [0.15, 0.2) is 0 Å². The molecule has 0 heterocycles. The van der Waals surface area contributed by atoms with E-state index in [0.29, 0.717) is 13.0 Å². The normalized spacial score (nSPS) is 11.5. The van der Waals surface area contributed by atoms with Crippen molar-refractivity contribution in [3.8, 4) is 0 Å². The molecule has 0 spiro atoms. The fraction of sp³-hybridized carbons (Fsp3) is 0.833. The smallest absolute Gasteiger partial charge is 0.219 e. The first-order valence-electron chi connectivity index (χ1n) is 3.34. The van der Waals surface area contributed by atoms with E-state index in [9.17, 15) is 4.79 Å². The van der Waals surface area contributed by atoms with Crippen LogP contribution < -0.4 is 5.73 Å². The van der Waals surface area contributed by atoms with Crippen LogP contribution in [-0.2, 0) is 9.22 Å². The molecule has 0 aromatic rings. The highest BCUT2D eigenvalue weighted by molar-refractivity contribution is 6.69. The second-order valence-corrected chi connectivity index (χ2v) is 7.69. The molecule has 0 bridgehead atoms. The zero-order valence-electron chi connectivity index (χ0n) is 6.81. The molecule has 60 valence electrons. The van der Waals surface area contributed by atoms with Gasteiger partial charge in [0.1, 0.15) is 0 Å². The van der Waals surface area contributed by atoms with E-state index in [-0.39, 0.29) is 5.91 Å². The van der Waals surface area contributed by atoms with Gasteiger partial charge >= 0.3 is 0 Å². The summed E-state index contributed by atoms with van der Waals surface area (Å²) in [6.07, 6.45) is 0.338. The minimum Gasteiger partial charge on any atom is -0.417 e. The molecule has 1 amide bonds. The third-order valence-corrected chi connectivity index (χ3v) is 1.95. The van der Waals surface area contributed by atoms with Gasteiger partial charge in [-0.05, 0) is 19.6 Å². The molecule has 0 saturated carbocycles. The van der Waals surface area contributed by atoms with Crippen molar-refractivity contribution in [3.05, 3.63) is 0 Å². The van der Waals surface area contributed by atoms with E-state index in [1.165, 1.54) is 0 Å². The summed E-state index contributed by atoms with van der Waals surface area (Å²) in [5, 5.41) is 0. The Balaban J connectivity index is 3.29. The Labute approximate surface area is 62.7 Å². The molecule has 4 heteroatoms. The van der Waals surface area contributed by atoms with Gasteiger partial charge in [-0.15, -0.1) is 0 Å². The van der Waals surface area contributed by atoms with Gasteiger partial charge in [0.2, 0.25) is 5.91 Å². The quantitative estimate of drug-likeness (QED) is 0.617. The van der Waals surface area contributed by atoms with Gasteiger partial charge in [0, 0.05) is 13.0 Å². The van der Waals surface area contributed by atoms with Crippen molar-refractivity contribution in [2.45, 2.75) is 26.1 Å². The number of primary amides is 1. The van der Waals surface area contributed by atoms with Crippen LogP contribution in [0, 0.1) is 0 Å². The van der Waals surface area contributed by atoms with Gasteiger partial charge in [0.25, 0.3) is 0 Å². The SMILES string of the molecule is C[Si](C)(C)OCCC(N)=O. The Bertz CT molecular complexity index is 119. The monoisotopic (exact) mass is 161 g/mol. The number of hydrogen-bond donors (Lipinski definition) is 1. The molecule has 10 heavy (non-hydrogen) atoms. The first-order chi connectivity index (χ1) is 4.42. The van der Waals surface area contributed by atoms with Crippen molar-refractivity contribution in [1.82, 2.24) is 0 Å². The van der Waals surface area contributed by atoms with Gasteiger partial charge in [-0.2, -0.15) is 0 Å². The Morgan fingerprint density at radius 2 is 2.00 bits per heavy atom. The fourth-order valence-corrected chi connectivity index (χ4v) is 1.17. The minimum atomic E-state index is -1.43. The summed E-state index contributed by atoms with van der Waals surface area (Å²) >= 11 is 0. The lowest BCUT2D eigenvalue weighted by Crippen LogP contribution is -2.27. The van der Waals surface area contributed by atoms with Crippen molar-refractivity contribution in [2.75, 3.05) is 6.61 Å². The van der Waals surface area contributed by atoms with Crippen molar-refractivity contribution in [2.24, 2.45) is 5.73 Å². The molecule has 0 aliphatic rings. The zero-order valence-corrected chi connectivity index (χ0v) is 7.81. The summed E-state index contributed by atoms with van der Waals surface area (Å²) in [4.78, 5) is 10.2. The van der Waals surface area contributed by atoms with E-state index in [2.05, 4.69) is 19.6 Å². The van der Waals surface area contributed by atoms with E-state index in [1.54, 1.807) is 0 Å².